The van der Waals surface area contributed by atoms with Crippen LogP contribution in [0.3, 0.4) is 0 Å². The lowest BCUT2D eigenvalue weighted by Gasteiger charge is -2.19. The smallest absolute Gasteiger partial charge is 0.257 e. The SMILES string of the molecule is COc1cccc(-c2c(NC(=O)c3ccccc3C)n(-c3ccccc3)nc(C)c2=O)c1. The fraction of sp³-hybridized carbons (Fsp3) is 0.115. The first-order valence-electron chi connectivity index (χ1n) is 10.2. The Bertz CT molecular complexity index is 1340. The van der Waals surface area contributed by atoms with Gasteiger partial charge in [0, 0.05) is 5.56 Å². The molecule has 3 aromatic carbocycles. The van der Waals surface area contributed by atoms with E-state index in [1.54, 1.807) is 36.9 Å². The maximum absolute atomic E-state index is 13.3. The summed E-state index contributed by atoms with van der Waals surface area (Å²) >= 11 is 0. The van der Waals surface area contributed by atoms with E-state index in [4.69, 9.17) is 4.74 Å². The van der Waals surface area contributed by atoms with E-state index in [2.05, 4.69) is 10.4 Å². The van der Waals surface area contributed by atoms with E-state index >= 15 is 0 Å². The number of anilines is 1. The minimum atomic E-state index is -0.318. The maximum atomic E-state index is 13.3. The van der Waals surface area contributed by atoms with Crippen LogP contribution in [0.4, 0.5) is 5.82 Å². The number of para-hydroxylation sites is 1. The van der Waals surface area contributed by atoms with Crippen LogP contribution >= 0.6 is 0 Å². The number of methoxy groups -OCH3 is 1. The van der Waals surface area contributed by atoms with Crippen molar-refractivity contribution in [3.8, 4) is 22.6 Å². The van der Waals surface area contributed by atoms with E-state index in [-0.39, 0.29) is 11.3 Å². The van der Waals surface area contributed by atoms with E-state index in [0.717, 1.165) is 11.3 Å². The van der Waals surface area contributed by atoms with Crippen molar-refractivity contribution < 1.29 is 9.53 Å². The molecule has 1 amide bonds. The van der Waals surface area contributed by atoms with Gasteiger partial charge in [0.15, 0.2) is 0 Å². The molecule has 0 atom stereocenters. The van der Waals surface area contributed by atoms with Crippen molar-refractivity contribution in [1.29, 1.82) is 0 Å². The number of benzene rings is 3. The predicted octanol–water partition coefficient (Wildman–Crippen LogP) is 4.78. The predicted molar refractivity (Wildman–Crippen MR) is 126 cm³/mol. The second-order valence-electron chi connectivity index (χ2n) is 7.39. The van der Waals surface area contributed by atoms with Crippen LogP contribution in [-0.2, 0) is 0 Å². The van der Waals surface area contributed by atoms with Gasteiger partial charge in [0.1, 0.15) is 17.3 Å². The normalized spacial score (nSPS) is 10.6. The van der Waals surface area contributed by atoms with Crippen molar-refractivity contribution in [2.75, 3.05) is 12.4 Å². The number of carbonyl (C=O) groups is 1. The number of rotatable bonds is 5. The minimum absolute atomic E-state index is 0.259. The van der Waals surface area contributed by atoms with Crippen LogP contribution in [0.1, 0.15) is 21.6 Å². The quantitative estimate of drug-likeness (QED) is 0.500. The molecule has 0 spiro atoms. The van der Waals surface area contributed by atoms with Gasteiger partial charge in [0.05, 0.1) is 18.4 Å². The van der Waals surface area contributed by atoms with Crippen molar-refractivity contribution in [3.05, 3.63) is 106 Å². The Morgan fingerprint density at radius 2 is 1.66 bits per heavy atom. The summed E-state index contributed by atoms with van der Waals surface area (Å²) in [6, 6.07) is 23.9. The van der Waals surface area contributed by atoms with Gasteiger partial charge in [-0.2, -0.15) is 5.10 Å². The first-order chi connectivity index (χ1) is 15.5. The topological polar surface area (TPSA) is 73.2 Å². The Balaban J connectivity index is 1.98. The van der Waals surface area contributed by atoms with E-state index in [9.17, 15) is 9.59 Å². The highest BCUT2D eigenvalue weighted by molar-refractivity contribution is 6.06. The molecule has 1 N–H and O–H groups in total. The molecule has 6 nitrogen and oxygen atoms in total. The second kappa shape index (κ2) is 8.89. The molecular formula is C26H23N3O3. The Kier molecular flexibility index (Phi) is 5.85. The molecule has 1 heterocycles. The molecule has 0 saturated heterocycles. The highest BCUT2D eigenvalue weighted by Gasteiger charge is 2.21. The largest absolute Gasteiger partial charge is 0.497 e. The Hall–Kier alpha value is -4.19. The van der Waals surface area contributed by atoms with Gasteiger partial charge >= 0.3 is 0 Å². The molecule has 1 aromatic heterocycles. The van der Waals surface area contributed by atoms with Crippen molar-refractivity contribution in [2.24, 2.45) is 0 Å². The lowest BCUT2D eigenvalue weighted by Crippen LogP contribution is -2.25. The molecule has 0 aliphatic heterocycles. The monoisotopic (exact) mass is 425 g/mol. The highest BCUT2D eigenvalue weighted by Crippen LogP contribution is 2.30. The standard InChI is InChI=1S/C26H23N3O3/c1-17-10-7-8-15-22(17)26(31)27-25-23(19-11-9-14-21(16-19)32-3)24(30)18(2)28-29(25)20-12-5-4-6-13-20/h4-16H,1-3H3,(H,27,31). The molecule has 0 aliphatic carbocycles. The molecular weight excluding hydrogens is 402 g/mol. The third kappa shape index (κ3) is 4.03. The lowest BCUT2D eigenvalue weighted by atomic mass is 10.0. The Labute approximate surface area is 186 Å². The average Bonchev–Trinajstić information content (AvgIpc) is 2.82. The first kappa shape index (κ1) is 21.1. The molecule has 0 fully saturated rings. The molecule has 32 heavy (non-hydrogen) atoms. The summed E-state index contributed by atoms with van der Waals surface area (Å²) in [6.45, 7) is 3.54. The van der Waals surface area contributed by atoms with E-state index < -0.39 is 0 Å². The van der Waals surface area contributed by atoms with Crippen LogP contribution in [0.5, 0.6) is 5.75 Å². The van der Waals surface area contributed by atoms with Gasteiger partial charge in [-0.25, -0.2) is 4.68 Å². The molecule has 0 radical (unpaired) electrons. The van der Waals surface area contributed by atoms with E-state index in [1.165, 1.54) is 0 Å². The molecule has 6 heteroatoms. The Morgan fingerprint density at radius 3 is 2.38 bits per heavy atom. The van der Waals surface area contributed by atoms with Crippen LogP contribution in [0, 0.1) is 13.8 Å². The molecule has 0 bridgehead atoms. The van der Waals surface area contributed by atoms with E-state index in [1.807, 2.05) is 67.6 Å². The number of nitrogens with one attached hydrogen (secondary N) is 1. The van der Waals surface area contributed by atoms with Gasteiger partial charge in [-0.15, -0.1) is 0 Å². The summed E-state index contributed by atoms with van der Waals surface area (Å²) < 4.78 is 6.95. The number of aryl methyl sites for hydroxylation is 2. The van der Waals surface area contributed by atoms with Crippen LogP contribution in [0.25, 0.3) is 16.8 Å². The fourth-order valence-corrected chi connectivity index (χ4v) is 3.56. The average molecular weight is 425 g/mol. The molecule has 0 unspecified atom stereocenters. The number of ether oxygens (including phenoxy) is 1. The lowest BCUT2D eigenvalue weighted by molar-refractivity contribution is 0.102. The van der Waals surface area contributed by atoms with Gasteiger partial charge in [-0.3, -0.25) is 9.59 Å². The minimum Gasteiger partial charge on any atom is -0.497 e. The third-order valence-corrected chi connectivity index (χ3v) is 5.24. The second-order valence-corrected chi connectivity index (χ2v) is 7.39. The number of nitrogens with zero attached hydrogens (tertiary/aromatic N) is 2. The summed E-state index contributed by atoms with van der Waals surface area (Å²) in [5.41, 5.74) is 3.12. The number of amides is 1. The summed E-state index contributed by atoms with van der Waals surface area (Å²) in [5, 5.41) is 7.46. The molecule has 0 aliphatic rings. The van der Waals surface area contributed by atoms with E-state index in [0.29, 0.717) is 34.0 Å². The van der Waals surface area contributed by atoms with Crippen LogP contribution in [0.15, 0.2) is 83.7 Å². The van der Waals surface area contributed by atoms with Crippen LogP contribution < -0.4 is 15.5 Å². The first-order valence-corrected chi connectivity index (χ1v) is 10.2. The highest BCUT2D eigenvalue weighted by atomic mass is 16.5. The van der Waals surface area contributed by atoms with Crippen molar-refractivity contribution in [3.63, 3.8) is 0 Å². The maximum Gasteiger partial charge on any atom is 0.257 e. The summed E-state index contributed by atoms with van der Waals surface area (Å²) in [7, 11) is 1.57. The van der Waals surface area contributed by atoms with Crippen molar-refractivity contribution >= 4 is 11.7 Å². The number of aromatic nitrogens is 2. The number of hydrogen-bond acceptors (Lipinski definition) is 4. The van der Waals surface area contributed by atoms with Crippen LogP contribution in [-0.4, -0.2) is 22.8 Å². The van der Waals surface area contributed by atoms with Gasteiger partial charge in [-0.05, 0) is 55.3 Å². The molecule has 0 saturated carbocycles. The molecule has 4 rings (SSSR count). The fourth-order valence-electron chi connectivity index (χ4n) is 3.56. The number of hydrogen-bond donors (Lipinski definition) is 1. The Morgan fingerprint density at radius 1 is 0.938 bits per heavy atom. The van der Waals surface area contributed by atoms with Gasteiger partial charge in [0.2, 0.25) is 5.43 Å². The van der Waals surface area contributed by atoms with Gasteiger partial charge in [0.25, 0.3) is 5.91 Å². The van der Waals surface area contributed by atoms with Gasteiger partial charge in [-0.1, -0.05) is 48.5 Å². The molecule has 4 aromatic rings. The van der Waals surface area contributed by atoms with Crippen molar-refractivity contribution in [2.45, 2.75) is 13.8 Å². The van der Waals surface area contributed by atoms with Crippen LogP contribution in [0.2, 0.25) is 0 Å². The zero-order chi connectivity index (χ0) is 22.7. The summed E-state index contributed by atoms with van der Waals surface area (Å²) in [4.78, 5) is 26.5. The van der Waals surface area contributed by atoms with Crippen molar-refractivity contribution in [1.82, 2.24) is 9.78 Å². The summed E-state index contributed by atoms with van der Waals surface area (Å²) in [5.74, 6) is 0.592. The summed E-state index contributed by atoms with van der Waals surface area (Å²) in [6.07, 6.45) is 0. The zero-order valence-electron chi connectivity index (χ0n) is 18.1. The van der Waals surface area contributed by atoms with Gasteiger partial charge < -0.3 is 10.1 Å². The zero-order valence-corrected chi connectivity index (χ0v) is 18.1. The third-order valence-electron chi connectivity index (χ3n) is 5.24. The number of carbonyl (C=O) groups excluding carboxylic acids is 1. The molecule has 160 valence electrons.